The summed E-state index contributed by atoms with van der Waals surface area (Å²) in [4.78, 5) is 21.6. The van der Waals surface area contributed by atoms with E-state index in [9.17, 15) is 13.2 Å². The highest BCUT2D eigenvalue weighted by molar-refractivity contribution is 7.90. The predicted octanol–water partition coefficient (Wildman–Crippen LogP) is 3.27. The van der Waals surface area contributed by atoms with Gasteiger partial charge in [0.25, 0.3) is 5.91 Å². The standard InChI is InChI=1S/C23H18N4O3S/c1-14-8-15(11-24)12-25-21(14)23(28)27-18-7-6-17-13-26-22(20(17)10-18)16-4-3-5-19(9-16)31(2,29)30/h3-10,12H,13H2,1-2H3,(H,27,28). The zero-order valence-electron chi connectivity index (χ0n) is 16.9. The van der Waals surface area contributed by atoms with E-state index in [0.29, 0.717) is 34.6 Å². The Bertz CT molecular complexity index is 1400. The Kier molecular flexibility index (Phi) is 5.13. The van der Waals surface area contributed by atoms with Crippen molar-refractivity contribution in [2.24, 2.45) is 4.99 Å². The number of sulfone groups is 1. The minimum absolute atomic E-state index is 0.230. The van der Waals surface area contributed by atoms with Gasteiger partial charge in [-0.25, -0.2) is 13.4 Å². The third-order valence-electron chi connectivity index (χ3n) is 4.99. The normalized spacial score (nSPS) is 12.6. The summed E-state index contributed by atoms with van der Waals surface area (Å²) >= 11 is 0. The van der Waals surface area contributed by atoms with Crippen LogP contribution in [0.3, 0.4) is 0 Å². The Balaban J connectivity index is 1.63. The number of aromatic nitrogens is 1. The minimum Gasteiger partial charge on any atom is -0.321 e. The molecule has 4 rings (SSSR count). The maximum Gasteiger partial charge on any atom is 0.274 e. The van der Waals surface area contributed by atoms with Crippen LogP contribution in [-0.4, -0.2) is 31.3 Å². The Morgan fingerprint density at radius 3 is 2.68 bits per heavy atom. The van der Waals surface area contributed by atoms with Gasteiger partial charge in [0, 0.05) is 29.3 Å². The number of hydrogen-bond donors (Lipinski definition) is 1. The number of nitrogens with one attached hydrogen (secondary N) is 1. The number of carbonyl (C=O) groups is 1. The molecule has 0 spiro atoms. The maximum atomic E-state index is 12.7. The average Bonchev–Trinajstić information content (AvgIpc) is 3.16. The number of fused-ring (bicyclic) bond motifs is 1. The van der Waals surface area contributed by atoms with Crippen LogP contribution in [0.1, 0.15) is 38.3 Å². The fraction of sp³-hybridized carbons (Fsp3) is 0.130. The summed E-state index contributed by atoms with van der Waals surface area (Å²) in [6.07, 6.45) is 2.54. The summed E-state index contributed by atoms with van der Waals surface area (Å²) < 4.78 is 23.8. The number of nitriles is 1. The van der Waals surface area contributed by atoms with Crippen LogP contribution < -0.4 is 5.32 Å². The van der Waals surface area contributed by atoms with Gasteiger partial charge in [0.15, 0.2) is 9.84 Å². The predicted molar refractivity (Wildman–Crippen MR) is 117 cm³/mol. The quantitative estimate of drug-likeness (QED) is 0.683. The van der Waals surface area contributed by atoms with Crippen molar-refractivity contribution >= 4 is 27.1 Å². The molecule has 0 unspecified atom stereocenters. The molecule has 0 fully saturated rings. The van der Waals surface area contributed by atoms with Crippen LogP contribution >= 0.6 is 0 Å². The van der Waals surface area contributed by atoms with Crippen molar-refractivity contribution in [1.29, 1.82) is 5.26 Å². The third-order valence-corrected chi connectivity index (χ3v) is 6.10. The summed E-state index contributed by atoms with van der Waals surface area (Å²) in [6, 6.07) is 15.8. The van der Waals surface area contributed by atoms with Crippen molar-refractivity contribution in [1.82, 2.24) is 4.98 Å². The molecule has 0 saturated carbocycles. The van der Waals surface area contributed by atoms with Crippen LogP contribution in [0.2, 0.25) is 0 Å². The highest BCUT2D eigenvalue weighted by atomic mass is 32.2. The van der Waals surface area contributed by atoms with E-state index in [2.05, 4.69) is 15.3 Å². The van der Waals surface area contributed by atoms with Crippen LogP contribution in [-0.2, 0) is 16.4 Å². The molecule has 0 radical (unpaired) electrons. The zero-order valence-corrected chi connectivity index (χ0v) is 17.7. The number of pyridine rings is 1. The summed E-state index contributed by atoms with van der Waals surface area (Å²) in [5.41, 5.74) is 5.04. The monoisotopic (exact) mass is 430 g/mol. The Morgan fingerprint density at radius 1 is 1.16 bits per heavy atom. The molecule has 1 aliphatic heterocycles. The molecule has 0 atom stereocenters. The molecule has 154 valence electrons. The van der Waals surface area contributed by atoms with E-state index in [-0.39, 0.29) is 16.5 Å². The second kappa shape index (κ2) is 7.78. The Morgan fingerprint density at radius 2 is 1.97 bits per heavy atom. The van der Waals surface area contributed by atoms with Crippen LogP contribution in [0, 0.1) is 18.3 Å². The maximum absolute atomic E-state index is 12.7. The van der Waals surface area contributed by atoms with Crippen molar-refractivity contribution in [2.75, 3.05) is 11.6 Å². The molecule has 2 aromatic carbocycles. The van der Waals surface area contributed by atoms with E-state index < -0.39 is 9.84 Å². The lowest BCUT2D eigenvalue weighted by atomic mass is 9.99. The molecule has 1 amide bonds. The Hall–Kier alpha value is -3.83. The molecule has 3 aromatic rings. The molecule has 1 N–H and O–H groups in total. The second-order valence-electron chi connectivity index (χ2n) is 7.29. The largest absolute Gasteiger partial charge is 0.321 e. The van der Waals surface area contributed by atoms with Gasteiger partial charge in [-0.2, -0.15) is 5.26 Å². The van der Waals surface area contributed by atoms with E-state index in [4.69, 9.17) is 5.26 Å². The Labute approximate surface area is 180 Å². The summed E-state index contributed by atoms with van der Waals surface area (Å²) in [7, 11) is -3.34. The number of amides is 1. The number of rotatable bonds is 4. The van der Waals surface area contributed by atoms with Crippen LogP contribution in [0.4, 0.5) is 5.69 Å². The lowest BCUT2D eigenvalue weighted by Gasteiger charge is -2.10. The summed E-state index contributed by atoms with van der Waals surface area (Å²) in [6.45, 7) is 2.21. The first-order chi connectivity index (χ1) is 14.8. The molecule has 0 bridgehead atoms. The van der Waals surface area contributed by atoms with E-state index in [1.54, 1.807) is 37.3 Å². The molecule has 31 heavy (non-hydrogen) atoms. The number of benzene rings is 2. The number of aliphatic imine (C=N–C) groups is 1. The number of nitrogens with zero attached hydrogens (tertiary/aromatic N) is 3. The minimum atomic E-state index is -3.34. The SMILES string of the molecule is Cc1cc(C#N)cnc1C(=O)Nc1ccc2c(c1)C(c1cccc(S(C)(=O)=O)c1)=NC2. The van der Waals surface area contributed by atoms with E-state index in [0.717, 1.165) is 11.1 Å². The van der Waals surface area contributed by atoms with Gasteiger partial charge in [0.2, 0.25) is 0 Å². The number of carbonyl (C=O) groups excluding carboxylic acids is 1. The molecule has 0 saturated heterocycles. The molecule has 0 aliphatic carbocycles. The average molecular weight is 430 g/mol. The van der Waals surface area contributed by atoms with Crippen LogP contribution in [0.15, 0.2) is 64.6 Å². The van der Waals surface area contributed by atoms with Gasteiger partial charge in [-0.3, -0.25) is 9.79 Å². The molecular weight excluding hydrogens is 412 g/mol. The molecule has 1 aliphatic rings. The van der Waals surface area contributed by atoms with Gasteiger partial charge < -0.3 is 5.32 Å². The van der Waals surface area contributed by atoms with Gasteiger partial charge in [0.05, 0.1) is 22.7 Å². The zero-order chi connectivity index (χ0) is 22.2. The van der Waals surface area contributed by atoms with E-state index in [1.807, 2.05) is 24.3 Å². The molecule has 2 heterocycles. The van der Waals surface area contributed by atoms with Crippen molar-refractivity contribution in [2.45, 2.75) is 18.4 Å². The number of anilines is 1. The van der Waals surface area contributed by atoms with Crippen LogP contribution in [0.25, 0.3) is 0 Å². The smallest absolute Gasteiger partial charge is 0.274 e. The third kappa shape index (κ3) is 4.09. The number of hydrogen-bond acceptors (Lipinski definition) is 6. The highest BCUT2D eigenvalue weighted by Gasteiger charge is 2.20. The first-order valence-electron chi connectivity index (χ1n) is 9.42. The van der Waals surface area contributed by atoms with Crippen LogP contribution in [0.5, 0.6) is 0 Å². The molecule has 1 aromatic heterocycles. The highest BCUT2D eigenvalue weighted by Crippen LogP contribution is 2.27. The molecule has 8 heteroatoms. The lowest BCUT2D eigenvalue weighted by Crippen LogP contribution is -2.16. The van der Waals surface area contributed by atoms with Crippen molar-refractivity contribution in [3.05, 3.63) is 88.2 Å². The first kappa shape index (κ1) is 20.4. The second-order valence-corrected chi connectivity index (χ2v) is 9.31. The lowest BCUT2D eigenvalue weighted by molar-refractivity contribution is 0.102. The van der Waals surface area contributed by atoms with E-state index >= 15 is 0 Å². The molecular formula is C23H18N4O3S. The topological polar surface area (TPSA) is 112 Å². The first-order valence-corrected chi connectivity index (χ1v) is 11.3. The van der Waals surface area contributed by atoms with Gasteiger partial charge >= 0.3 is 0 Å². The summed E-state index contributed by atoms with van der Waals surface area (Å²) in [5, 5.41) is 11.8. The van der Waals surface area contributed by atoms with Gasteiger partial charge in [0.1, 0.15) is 11.8 Å². The van der Waals surface area contributed by atoms with Crippen molar-refractivity contribution in [3.63, 3.8) is 0 Å². The number of aryl methyl sites for hydroxylation is 1. The van der Waals surface area contributed by atoms with Gasteiger partial charge in [-0.1, -0.05) is 18.2 Å². The summed E-state index contributed by atoms with van der Waals surface area (Å²) in [5.74, 6) is -0.377. The fourth-order valence-electron chi connectivity index (χ4n) is 3.45. The molecule has 7 nitrogen and oxygen atoms in total. The van der Waals surface area contributed by atoms with Crippen molar-refractivity contribution in [3.8, 4) is 6.07 Å². The van der Waals surface area contributed by atoms with Gasteiger partial charge in [-0.15, -0.1) is 0 Å². The van der Waals surface area contributed by atoms with Crippen molar-refractivity contribution < 1.29 is 13.2 Å². The van der Waals surface area contributed by atoms with E-state index in [1.165, 1.54) is 12.5 Å². The van der Waals surface area contributed by atoms with Gasteiger partial charge in [-0.05, 0) is 48.4 Å². The fourth-order valence-corrected chi connectivity index (χ4v) is 4.11.